The Morgan fingerprint density at radius 1 is 1.50 bits per heavy atom. The van der Waals surface area contributed by atoms with Crippen LogP contribution in [0.3, 0.4) is 0 Å². The molecule has 1 fully saturated rings. The summed E-state index contributed by atoms with van der Waals surface area (Å²) in [5, 5.41) is 15.7. The highest BCUT2D eigenvalue weighted by molar-refractivity contribution is 6.32. The summed E-state index contributed by atoms with van der Waals surface area (Å²) in [4.78, 5) is 16.1. The number of oxime groups is 1. The molecule has 108 valence electrons. The molecule has 0 spiro atoms. The molecule has 1 aromatic carbocycles. The molecule has 1 aliphatic heterocycles. The van der Waals surface area contributed by atoms with Crippen molar-refractivity contribution in [3.05, 3.63) is 30.3 Å². The number of hydrogen-bond donors (Lipinski definition) is 2. The molecule has 0 saturated carbocycles. The van der Waals surface area contributed by atoms with E-state index in [9.17, 15) is 4.79 Å². The Kier molecular flexibility index (Phi) is 4.81. The number of carbonyl (C=O) groups excluding carboxylic acids is 1. The number of rotatable bonds is 3. The highest BCUT2D eigenvalue weighted by Gasteiger charge is 2.34. The molecule has 0 radical (unpaired) electrons. The van der Waals surface area contributed by atoms with E-state index in [1.807, 2.05) is 18.2 Å². The number of hydroxylamine groups is 2. The number of amides is 1. The number of benzene rings is 1. The summed E-state index contributed by atoms with van der Waals surface area (Å²) in [6.45, 7) is 0.872. The van der Waals surface area contributed by atoms with E-state index in [1.165, 1.54) is 11.3 Å². The number of piperidine rings is 1. The minimum Gasteiger partial charge on any atom is -0.411 e. The number of hydrogen-bond acceptors (Lipinski definition) is 5. The molecular formula is C13H16ClN3O3. The zero-order chi connectivity index (χ0) is 14.4. The maximum absolute atomic E-state index is 11.7. The standard InChI is InChI=1S/C13H16ClN3O3/c14-13(9-15-19)7-4-8-17(10-13)20-12(18)16-11-5-2-1-3-6-11/h1-3,5-6,9,19H,4,7-8,10H2,(H,16,18). The first kappa shape index (κ1) is 14.6. The van der Waals surface area contributed by atoms with Crippen LogP contribution in [0.15, 0.2) is 35.5 Å². The fourth-order valence-electron chi connectivity index (χ4n) is 2.07. The molecule has 1 aliphatic rings. The lowest BCUT2D eigenvalue weighted by molar-refractivity contribution is -0.108. The van der Waals surface area contributed by atoms with Gasteiger partial charge < -0.3 is 10.0 Å². The average molecular weight is 298 g/mol. The van der Waals surface area contributed by atoms with Gasteiger partial charge in [-0.3, -0.25) is 5.32 Å². The molecule has 0 bridgehead atoms. The van der Waals surface area contributed by atoms with Crippen molar-refractivity contribution in [1.82, 2.24) is 5.06 Å². The summed E-state index contributed by atoms with van der Waals surface area (Å²) in [5.41, 5.74) is 0.656. The molecule has 20 heavy (non-hydrogen) atoms. The zero-order valence-electron chi connectivity index (χ0n) is 10.8. The molecule has 0 aromatic heterocycles. The summed E-state index contributed by atoms with van der Waals surface area (Å²) in [6, 6.07) is 9.02. The third kappa shape index (κ3) is 4.11. The van der Waals surface area contributed by atoms with Crippen LogP contribution in [0.5, 0.6) is 0 Å². The number of alkyl halides is 1. The Morgan fingerprint density at radius 2 is 2.25 bits per heavy atom. The van der Waals surface area contributed by atoms with E-state index in [-0.39, 0.29) is 6.54 Å². The van der Waals surface area contributed by atoms with Gasteiger partial charge in [0.05, 0.1) is 17.6 Å². The Labute approximate surface area is 121 Å². The first-order valence-electron chi connectivity index (χ1n) is 6.28. The van der Waals surface area contributed by atoms with Crippen LogP contribution in [-0.2, 0) is 4.84 Å². The van der Waals surface area contributed by atoms with Crippen molar-refractivity contribution in [3.63, 3.8) is 0 Å². The normalized spacial score (nSPS) is 23.6. The average Bonchev–Trinajstić information content (AvgIpc) is 2.39. The van der Waals surface area contributed by atoms with Gasteiger partial charge in [-0.2, -0.15) is 0 Å². The van der Waals surface area contributed by atoms with Gasteiger partial charge in [-0.25, -0.2) is 4.79 Å². The second-order valence-electron chi connectivity index (χ2n) is 4.62. The molecule has 7 heteroatoms. The van der Waals surface area contributed by atoms with Crippen molar-refractivity contribution in [2.75, 3.05) is 18.4 Å². The van der Waals surface area contributed by atoms with Gasteiger partial charge >= 0.3 is 6.09 Å². The molecule has 6 nitrogen and oxygen atoms in total. The number of nitrogens with one attached hydrogen (secondary N) is 1. The van der Waals surface area contributed by atoms with Gasteiger partial charge in [0.2, 0.25) is 0 Å². The Hall–Kier alpha value is -1.79. The number of anilines is 1. The first-order chi connectivity index (χ1) is 9.61. The van der Waals surface area contributed by atoms with Gasteiger partial charge in [0.15, 0.2) is 0 Å². The van der Waals surface area contributed by atoms with E-state index in [0.29, 0.717) is 18.7 Å². The monoisotopic (exact) mass is 297 g/mol. The second kappa shape index (κ2) is 6.58. The van der Waals surface area contributed by atoms with Gasteiger partial charge in [0.25, 0.3) is 0 Å². The van der Waals surface area contributed by atoms with E-state index in [0.717, 1.165) is 6.42 Å². The highest BCUT2D eigenvalue weighted by atomic mass is 35.5. The minimum atomic E-state index is -0.806. The minimum absolute atomic E-state index is 0.279. The number of carbonyl (C=O) groups is 1. The van der Waals surface area contributed by atoms with Gasteiger partial charge in [0.1, 0.15) is 0 Å². The highest BCUT2D eigenvalue weighted by Crippen LogP contribution is 2.26. The third-order valence-corrected chi connectivity index (χ3v) is 3.37. The fraction of sp³-hybridized carbons (Fsp3) is 0.385. The van der Waals surface area contributed by atoms with Crippen molar-refractivity contribution in [3.8, 4) is 0 Å². The molecule has 0 aliphatic carbocycles. The SMILES string of the molecule is O=C(Nc1ccccc1)ON1CCCC(Cl)(C=NO)C1. The molecule has 2 N–H and O–H groups in total. The topological polar surface area (TPSA) is 74.2 Å². The zero-order valence-corrected chi connectivity index (χ0v) is 11.6. The van der Waals surface area contributed by atoms with E-state index in [4.69, 9.17) is 21.6 Å². The lowest BCUT2D eigenvalue weighted by atomic mass is 10.00. The maximum atomic E-state index is 11.7. The third-order valence-electron chi connectivity index (χ3n) is 2.96. The Morgan fingerprint density at radius 3 is 2.95 bits per heavy atom. The van der Waals surface area contributed by atoms with Gasteiger partial charge in [-0.05, 0) is 25.0 Å². The largest absolute Gasteiger partial charge is 0.430 e. The van der Waals surface area contributed by atoms with E-state index in [2.05, 4.69) is 10.5 Å². The summed E-state index contributed by atoms with van der Waals surface area (Å²) >= 11 is 6.25. The van der Waals surface area contributed by atoms with E-state index >= 15 is 0 Å². The smallest absolute Gasteiger partial charge is 0.411 e. The van der Waals surface area contributed by atoms with Crippen LogP contribution in [0, 0.1) is 0 Å². The van der Waals surface area contributed by atoms with Crippen molar-refractivity contribution >= 4 is 29.6 Å². The summed E-state index contributed by atoms with van der Waals surface area (Å²) in [5.74, 6) is 0. The van der Waals surface area contributed by atoms with Gasteiger partial charge in [0, 0.05) is 12.2 Å². The number of halogens is 1. The molecule has 1 amide bonds. The Balaban J connectivity index is 1.88. The van der Waals surface area contributed by atoms with Crippen molar-refractivity contribution in [1.29, 1.82) is 0 Å². The van der Waals surface area contributed by atoms with Gasteiger partial charge in [-0.1, -0.05) is 18.2 Å². The lowest BCUT2D eigenvalue weighted by Crippen LogP contribution is -2.46. The van der Waals surface area contributed by atoms with Crippen LogP contribution in [0.2, 0.25) is 0 Å². The van der Waals surface area contributed by atoms with Crippen molar-refractivity contribution in [2.45, 2.75) is 17.7 Å². The van der Waals surface area contributed by atoms with E-state index in [1.54, 1.807) is 12.1 Å². The van der Waals surface area contributed by atoms with Crippen LogP contribution in [0.1, 0.15) is 12.8 Å². The summed E-state index contributed by atoms with van der Waals surface area (Å²) < 4.78 is 0. The van der Waals surface area contributed by atoms with Crippen LogP contribution in [0.25, 0.3) is 0 Å². The van der Waals surface area contributed by atoms with Gasteiger partial charge in [-0.15, -0.1) is 21.8 Å². The number of para-hydroxylation sites is 1. The van der Waals surface area contributed by atoms with Crippen LogP contribution in [0.4, 0.5) is 10.5 Å². The lowest BCUT2D eigenvalue weighted by Gasteiger charge is -2.34. The molecular weight excluding hydrogens is 282 g/mol. The molecule has 1 atom stereocenters. The molecule has 1 aromatic rings. The maximum Gasteiger partial charge on any atom is 0.430 e. The molecule has 1 unspecified atom stereocenters. The van der Waals surface area contributed by atoms with Crippen LogP contribution < -0.4 is 5.32 Å². The van der Waals surface area contributed by atoms with Crippen LogP contribution in [-0.4, -0.2) is 40.5 Å². The van der Waals surface area contributed by atoms with Crippen molar-refractivity contribution < 1.29 is 14.8 Å². The first-order valence-corrected chi connectivity index (χ1v) is 6.65. The quantitative estimate of drug-likeness (QED) is 0.389. The molecule has 1 heterocycles. The predicted molar refractivity (Wildman–Crippen MR) is 76.2 cm³/mol. The summed E-state index contributed by atoms with van der Waals surface area (Å²) in [7, 11) is 0. The fourth-order valence-corrected chi connectivity index (χ4v) is 2.38. The van der Waals surface area contributed by atoms with Crippen LogP contribution >= 0.6 is 11.6 Å². The Bertz CT molecular complexity index is 483. The summed E-state index contributed by atoms with van der Waals surface area (Å²) in [6.07, 6.45) is 2.10. The molecule has 1 saturated heterocycles. The van der Waals surface area contributed by atoms with Crippen molar-refractivity contribution in [2.24, 2.45) is 5.16 Å². The predicted octanol–water partition coefficient (Wildman–Crippen LogP) is 2.68. The second-order valence-corrected chi connectivity index (χ2v) is 5.37. The van der Waals surface area contributed by atoms with E-state index < -0.39 is 11.0 Å². The number of nitrogens with zero attached hydrogens (tertiary/aromatic N) is 2. The molecule has 2 rings (SSSR count).